The molecule has 2 aromatic carbocycles. The Labute approximate surface area is 144 Å². The third kappa shape index (κ3) is 3.57. The molecule has 5 heteroatoms. The zero-order valence-electron chi connectivity index (χ0n) is 12.7. The molecule has 4 nitrogen and oxygen atoms in total. The van der Waals surface area contributed by atoms with Gasteiger partial charge in [0.25, 0.3) is 0 Å². The fourth-order valence-corrected chi connectivity index (χ4v) is 3.57. The minimum absolute atomic E-state index is 0.0620. The van der Waals surface area contributed by atoms with E-state index in [1.165, 1.54) is 0 Å². The maximum atomic E-state index is 12.6. The van der Waals surface area contributed by atoms with Crippen molar-refractivity contribution < 1.29 is 9.90 Å². The average Bonchev–Trinajstić information content (AvgIpc) is 2.55. The van der Waals surface area contributed by atoms with Gasteiger partial charge in [0.15, 0.2) is 0 Å². The SMILES string of the molecule is NC(CC(=O)N1CCc2cc(O)cc(Br)c2C1)c1ccccc1. The van der Waals surface area contributed by atoms with Crippen molar-refractivity contribution >= 4 is 21.8 Å². The summed E-state index contributed by atoms with van der Waals surface area (Å²) in [5.74, 6) is 0.313. The zero-order valence-corrected chi connectivity index (χ0v) is 14.3. The van der Waals surface area contributed by atoms with Crippen LogP contribution >= 0.6 is 15.9 Å². The summed E-state index contributed by atoms with van der Waals surface area (Å²) in [7, 11) is 0. The second kappa shape index (κ2) is 6.72. The van der Waals surface area contributed by atoms with E-state index in [1.54, 1.807) is 12.1 Å². The number of nitrogens with two attached hydrogens (primary N) is 1. The monoisotopic (exact) mass is 374 g/mol. The normalized spacial score (nSPS) is 15.1. The first-order valence-corrected chi connectivity index (χ1v) is 8.42. The smallest absolute Gasteiger partial charge is 0.224 e. The molecule has 1 aliphatic rings. The number of phenolic OH excluding ortho intramolecular Hbond substituents is 1. The van der Waals surface area contributed by atoms with Gasteiger partial charge in [-0.3, -0.25) is 4.79 Å². The summed E-state index contributed by atoms with van der Waals surface area (Å²) in [6.45, 7) is 1.21. The predicted octanol–water partition coefficient (Wildman–Crippen LogP) is 3.13. The first kappa shape index (κ1) is 16.0. The number of amides is 1. The van der Waals surface area contributed by atoms with E-state index >= 15 is 0 Å². The molecule has 1 amide bonds. The number of phenols is 1. The minimum Gasteiger partial charge on any atom is -0.508 e. The number of halogens is 1. The Morgan fingerprint density at radius 1 is 1.30 bits per heavy atom. The van der Waals surface area contributed by atoms with Crippen molar-refractivity contribution in [2.45, 2.75) is 25.4 Å². The Hall–Kier alpha value is -1.85. The second-order valence-corrected chi connectivity index (χ2v) is 6.71. The number of hydrogen-bond donors (Lipinski definition) is 2. The number of carbonyl (C=O) groups is 1. The van der Waals surface area contributed by atoms with E-state index in [2.05, 4.69) is 15.9 Å². The van der Waals surface area contributed by atoms with Crippen molar-refractivity contribution in [3.8, 4) is 5.75 Å². The standard InChI is InChI=1S/C18H19BrN2O2/c19-16-9-14(22)8-13-6-7-21(11-15(13)16)18(23)10-17(20)12-4-2-1-3-5-12/h1-5,8-9,17,22H,6-7,10-11,20H2. The molecule has 1 aliphatic heterocycles. The van der Waals surface area contributed by atoms with Gasteiger partial charge in [0.2, 0.25) is 5.91 Å². The molecule has 3 rings (SSSR count). The van der Waals surface area contributed by atoms with Crippen LogP contribution in [0.15, 0.2) is 46.9 Å². The highest BCUT2D eigenvalue weighted by Gasteiger charge is 2.24. The number of carbonyl (C=O) groups excluding carboxylic acids is 1. The molecule has 0 bridgehead atoms. The fourth-order valence-electron chi connectivity index (χ4n) is 2.95. The van der Waals surface area contributed by atoms with Crippen molar-refractivity contribution in [3.05, 3.63) is 63.6 Å². The lowest BCUT2D eigenvalue weighted by atomic mass is 9.98. The Kier molecular flexibility index (Phi) is 4.68. The van der Waals surface area contributed by atoms with Gasteiger partial charge in [-0.25, -0.2) is 0 Å². The van der Waals surface area contributed by atoms with Gasteiger partial charge in [-0.15, -0.1) is 0 Å². The Morgan fingerprint density at radius 3 is 2.78 bits per heavy atom. The highest BCUT2D eigenvalue weighted by Crippen LogP contribution is 2.31. The molecule has 3 N–H and O–H groups in total. The quantitative estimate of drug-likeness (QED) is 0.866. The van der Waals surface area contributed by atoms with E-state index in [-0.39, 0.29) is 17.7 Å². The summed E-state index contributed by atoms with van der Waals surface area (Å²) in [5.41, 5.74) is 9.29. The number of aromatic hydroxyl groups is 1. The summed E-state index contributed by atoms with van der Waals surface area (Å²) >= 11 is 3.47. The summed E-state index contributed by atoms with van der Waals surface area (Å²) in [6.07, 6.45) is 1.05. The highest BCUT2D eigenvalue weighted by atomic mass is 79.9. The van der Waals surface area contributed by atoms with Crippen LogP contribution in [0.25, 0.3) is 0 Å². The summed E-state index contributed by atoms with van der Waals surface area (Å²) in [6, 6.07) is 12.9. The molecule has 0 spiro atoms. The summed E-state index contributed by atoms with van der Waals surface area (Å²) < 4.78 is 0.845. The van der Waals surface area contributed by atoms with E-state index < -0.39 is 0 Å². The molecule has 23 heavy (non-hydrogen) atoms. The fraction of sp³-hybridized carbons (Fsp3) is 0.278. The van der Waals surface area contributed by atoms with Crippen LogP contribution in [0.3, 0.4) is 0 Å². The minimum atomic E-state index is -0.284. The molecule has 1 heterocycles. The third-order valence-electron chi connectivity index (χ3n) is 4.25. The summed E-state index contributed by atoms with van der Waals surface area (Å²) in [4.78, 5) is 14.4. The van der Waals surface area contributed by atoms with Crippen LogP contribution in [0.5, 0.6) is 5.75 Å². The molecule has 0 saturated carbocycles. The Balaban J connectivity index is 1.70. The van der Waals surface area contributed by atoms with Crippen LogP contribution in [0.4, 0.5) is 0 Å². The van der Waals surface area contributed by atoms with Gasteiger partial charge in [-0.2, -0.15) is 0 Å². The first-order chi connectivity index (χ1) is 11.0. The van der Waals surface area contributed by atoms with E-state index in [0.29, 0.717) is 19.5 Å². The molecule has 120 valence electrons. The van der Waals surface area contributed by atoms with Crippen LogP contribution in [-0.4, -0.2) is 22.5 Å². The second-order valence-electron chi connectivity index (χ2n) is 5.85. The molecular formula is C18H19BrN2O2. The lowest BCUT2D eigenvalue weighted by Gasteiger charge is -2.30. The van der Waals surface area contributed by atoms with Crippen LogP contribution < -0.4 is 5.73 Å². The molecule has 0 fully saturated rings. The van der Waals surface area contributed by atoms with E-state index in [0.717, 1.165) is 27.6 Å². The molecule has 0 radical (unpaired) electrons. The topological polar surface area (TPSA) is 66.6 Å². The van der Waals surface area contributed by atoms with Crippen LogP contribution in [0.1, 0.15) is 29.2 Å². The molecule has 0 aromatic heterocycles. The molecule has 0 aliphatic carbocycles. The number of hydrogen-bond acceptors (Lipinski definition) is 3. The number of fused-ring (bicyclic) bond motifs is 1. The molecule has 0 saturated heterocycles. The first-order valence-electron chi connectivity index (χ1n) is 7.63. The van der Waals surface area contributed by atoms with Crippen LogP contribution in [0, 0.1) is 0 Å². The number of nitrogens with zero attached hydrogens (tertiary/aromatic N) is 1. The van der Waals surface area contributed by atoms with Gasteiger partial charge in [-0.05, 0) is 35.2 Å². The van der Waals surface area contributed by atoms with Gasteiger partial charge < -0.3 is 15.7 Å². The maximum absolute atomic E-state index is 12.6. The lowest BCUT2D eigenvalue weighted by molar-refractivity contribution is -0.132. The van der Waals surface area contributed by atoms with Gasteiger partial charge in [0, 0.05) is 30.0 Å². The average molecular weight is 375 g/mol. The maximum Gasteiger partial charge on any atom is 0.224 e. The molecule has 1 unspecified atom stereocenters. The molecule has 2 aromatic rings. The number of benzene rings is 2. The van der Waals surface area contributed by atoms with Gasteiger partial charge in [0.05, 0.1) is 0 Å². The summed E-state index contributed by atoms with van der Waals surface area (Å²) in [5, 5.41) is 9.66. The molecule has 1 atom stereocenters. The van der Waals surface area contributed by atoms with Crippen molar-refractivity contribution in [1.82, 2.24) is 4.90 Å². The van der Waals surface area contributed by atoms with E-state index in [4.69, 9.17) is 5.73 Å². The van der Waals surface area contributed by atoms with Crippen molar-refractivity contribution in [2.24, 2.45) is 5.73 Å². The predicted molar refractivity (Wildman–Crippen MR) is 92.9 cm³/mol. The zero-order chi connectivity index (χ0) is 16.4. The van der Waals surface area contributed by atoms with Gasteiger partial charge in [0.1, 0.15) is 5.75 Å². The lowest BCUT2D eigenvalue weighted by Crippen LogP contribution is -2.37. The number of rotatable bonds is 3. The van der Waals surface area contributed by atoms with Gasteiger partial charge >= 0.3 is 0 Å². The molecular weight excluding hydrogens is 356 g/mol. The van der Waals surface area contributed by atoms with Crippen LogP contribution in [-0.2, 0) is 17.8 Å². The van der Waals surface area contributed by atoms with Crippen molar-refractivity contribution in [3.63, 3.8) is 0 Å². The third-order valence-corrected chi connectivity index (χ3v) is 4.96. The largest absolute Gasteiger partial charge is 0.508 e. The van der Waals surface area contributed by atoms with Crippen LogP contribution in [0.2, 0.25) is 0 Å². The van der Waals surface area contributed by atoms with E-state index in [9.17, 15) is 9.90 Å². The Morgan fingerprint density at radius 2 is 2.04 bits per heavy atom. The van der Waals surface area contributed by atoms with E-state index in [1.807, 2.05) is 35.2 Å². The van der Waals surface area contributed by atoms with Crippen molar-refractivity contribution in [2.75, 3.05) is 6.54 Å². The Bertz CT molecular complexity index is 718. The highest BCUT2D eigenvalue weighted by molar-refractivity contribution is 9.10. The van der Waals surface area contributed by atoms with Gasteiger partial charge in [-0.1, -0.05) is 46.3 Å². The van der Waals surface area contributed by atoms with Crippen molar-refractivity contribution in [1.29, 1.82) is 0 Å².